The zero-order chi connectivity index (χ0) is 18.6. The molecule has 0 aromatic heterocycles. The first-order chi connectivity index (χ1) is 13.2. The van der Waals surface area contributed by atoms with Gasteiger partial charge in [0.05, 0.1) is 26.3 Å². The second-order valence-corrected chi connectivity index (χ2v) is 7.47. The fraction of sp³-hybridized carbons (Fsp3) is 0.600. The fourth-order valence-electron chi connectivity index (χ4n) is 4.08. The summed E-state index contributed by atoms with van der Waals surface area (Å²) in [6, 6.07) is 8.17. The third-order valence-corrected chi connectivity index (χ3v) is 5.73. The lowest BCUT2D eigenvalue weighted by Crippen LogP contribution is -2.53. The van der Waals surface area contributed by atoms with E-state index < -0.39 is 0 Å². The van der Waals surface area contributed by atoms with Crippen LogP contribution in [-0.2, 0) is 20.7 Å². The van der Waals surface area contributed by atoms with Crippen LogP contribution in [0.2, 0.25) is 0 Å². The predicted molar refractivity (Wildman–Crippen MR) is 103 cm³/mol. The summed E-state index contributed by atoms with van der Waals surface area (Å²) < 4.78 is 5.30. The van der Waals surface area contributed by atoms with Crippen molar-refractivity contribution in [2.75, 3.05) is 77.0 Å². The highest BCUT2D eigenvalue weighted by Gasteiger charge is 2.28. The number of amides is 2. The smallest absolute Gasteiger partial charge is 0.241 e. The van der Waals surface area contributed by atoms with E-state index in [4.69, 9.17) is 4.74 Å². The molecule has 2 amide bonds. The maximum atomic E-state index is 12.7. The Bertz CT molecular complexity index is 682. The molecule has 7 nitrogen and oxygen atoms in total. The van der Waals surface area contributed by atoms with E-state index in [1.165, 1.54) is 5.56 Å². The van der Waals surface area contributed by atoms with Gasteiger partial charge in [0, 0.05) is 51.5 Å². The van der Waals surface area contributed by atoms with Crippen LogP contribution in [0.4, 0.5) is 5.69 Å². The van der Waals surface area contributed by atoms with Crippen molar-refractivity contribution in [3.63, 3.8) is 0 Å². The molecule has 4 rings (SSSR count). The van der Waals surface area contributed by atoms with Crippen LogP contribution in [0.3, 0.4) is 0 Å². The zero-order valence-electron chi connectivity index (χ0n) is 15.8. The summed E-state index contributed by atoms with van der Waals surface area (Å²) in [4.78, 5) is 33.3. The first-order valence-corrected chi connectivity index (χ1v) is 9.89. The van der Waals surface area contributed by atoms with Crippen LogP contribution in [0.5, 0.6) is 0 Å². The van der Waals surface area contributed by atoms with Crippen molar-refractivity contribution in [3.05, 3.63) is 29.8 Å². The van der Waals surface area contributed by atoms with Crippen LogP contribution in [0, 0.1) is 0 Å². The number of benzene rings is 1. The molecule has 3 aliphatic rings. The van der Waals surface area contributed by atoms with E-state index in [0.29, 0.717) is 39.4 Å². The van der Waals surface area contributed by atoms with Crippen LogP contribution in [-0.4, -0.2) is 98.6 Å². The fourth-order valence-corrected chi connectivity index (χ4v) is 4.08. The van der Waals surface area contributed by atoms with Gasteiger partial charge in [-0.2, -0.15) is 0 Å². The van der Waals surface area contributed by atoms with Crippen LogP contribution in [0.1, 0.15) is 5.56 Å². The van der Waals surface area contributed by atoms with Crippen LogP contribution >= 0.6 is 0 Å². The minimum absolute atomic E-state index is 0.179. The molecular weight excluding hydrogens is 344 g/mol. The molecule has 7 heteroatoms. The minimum Gasteiger partial charge on any atom is -0.378 e. The van der Waals surface area contributed by atoms with Crippen LogP contribution in [0.25, 0.3) is 0 Å². The van der Waals surface area contributed by atoms with E-state index in [9.17, 15) is 9.59 Å². The summed E-state index contributed by atoms with van der Waals surface area (Å²) >= 11 is 0. The molecule has 0 spiro atoms. The Morgan fingerprint density at radius 1 is 0.815 bits per heavy atom. The van der Waals surface area contributed by atoms with Gasteiger partial charge in [-0.1, -0.05) is 18.2 Å². The molecule has 0 bridgehead atoms. The molecular formula is C20H28N4O3. The van der Waals surface area contributed by atoms with Gasteiger partial charge in [-0.15, -0.1) is 0 Å². The number of para-hydroxylation sites is 1. The van der Waals surface area contributed by atoms with Crippen LogP contribution in [0.15, 0.2) is 24.3 Å². The standard InChI is InChI=1S/C20H28N4O3/c25-19(23-11-13-27-14-12-23)15-21-7-9-22(10-8-21)16-20(26)24-6-5-17-3-1-2-4-18(17)24/h1-4H,5-16H2. The molecule has 2 fully saturated rings. The highest BCUT2D eigenvalue weighted by Crippen LogP contribution is 2.27. The lowest BCUT2D eigenvalue weighted by molar-refractivity contribution is -0.137. The lowest BCUT2D eigenvalue weighted by Gasteiger charge is -2.36. The van der Waals surface area contributed by atoms with Gasteiger partial charge < -0.3 is 14.5 Å². The number of hydrogen-bond acceptors (Lipinski definition) is 5. The topological polar surface area (TPSA) is 56.3 Å². The Kier molecular flexibility index (Phi) is 5.71. The summed E-state index contributed by atoms with van der Waals surface area (Å²) in [6.45, 7) is 7.72. The molecule has 27 heavy (non-hydrogen) atoms. The Balaban J connectivity index is 1.23. The van der Waals surface area contributed by atoms with Crippen molar-refractivity contribution < 1.29 is 14.3 Å². The number of carbonyl (C=O) groups excluding carboxylic acids is 2. The highest BCUT2D eigenvalue weighted by molar-refractivity contribution is 5.96. The summed E-state index contributed by atoms with van der Waals surface area (Å²) in [5, 5.41) is 0. The summed E-state index contributed by atoms with van der Waals surface area (Å²) in [5.74, 6) is 0.370. The number of ether oxygens (including phenoxy) is 1. The monoisotopic (exact) mass is 372 g/mol. The lowest BCUT2D eigenvalue weighted by atomic mass is 10.2. The molecule has 0 radical (unpaired) electrons. The van der Waals surface area contributed by atoms with Gasteiger partial charge in [0.25, 0.3) is 0 Å². The van der Waals surface area contributed by atoms with Crippen molar-refractivity contribution in [1.82, 2.24) is 14.7 Å². The summed E-state index contributed by atoms with van der Waals surface area (Å²) in [5.41, 5.74) is 2.33. The van der Waals surface area contributed by atoms with E-state index in [0.717, 1.165) is 44.8 Å². The third kappa shape index (κ3) is 4.31. The van der Waals surface area contributed by atoms with Gasteiger partial charge in [0.1, 0.15) is 0 Å². The second-order valence-electron chi connectivity index (χ2n) is 7.47. The number of rotatable bonds is 4. The largest absolute Gasteiger partial charge is 0.378 e. The van der Waals surface area contributed by atoms with Gasteiger partial charge in [0.15, 0.2) is 0 Å². The third-order valence-electron chi connectivity index (χ3n) is 5.73. The zero-order valence-corrected chi connectivity index (χ0v) is 15.8. The van der Waals surface area contributed by atoms with Crippen molar-refractivity contribution in [2.45, 2.75) is 6.42 Å². The maximum Gasteiger partial charge on any atom is 0.241 e. The first kappa shape index (κ1) is 18.4. The SMILES string of the molecule is O=C(CN1CCN(CC(=O)N2CCc3ccccc32)CC1)N1CCOCC1. The highest BCUT2D eigenvalue weighted by atomic mass is 16.5. The number of fused-ring (bicyclic) bond motifs is 1. The molecule has 3 aliphatic heterocycles. The molecule has 3 heterocycles. The average molecular weight is 372 g/mol. The summed E-state index contributed by atoms with van der Waals surface area (Å²) in [7, 11) is 0. The van der Waals surface area contributed by atoms with Gasteiger partial charge in [-0.25, -0.2) is 0 Å². The number of piperazine rings is 1. The number of nitrogens with zero attached hydrogens (tertiary/aromatic N) is 4. The van der Waals surface area contributed by atoms with Crippen molar-refractivity contribution >= 4 is 17.5 Å². The van der Waals surface area contributed by atoms with E-state index in [1.807, 2.05) is 28.0 Å². The Morgan fingerprint density at radius 3 is 2.15 bits per heavy atom. The number of hydrogen-bond donors (Lipinski definition) is 0. The predicted octanol–water partition coefficient (Wildman–Crippen LogP) is 0.0521. The normalized spacial score (nSPS) is 21.3. The van der Waals surface area contributed by atoms with Crippen molar-refractivity contribution in [3.8, 4) is 0 Å². The molecule has 1 aromatic rings. The minimum atomic E-state index is 0.179. The van der Waals surface area contributed by atoms with Gasteiger partial charge in [-0.3, -0.25) is 19.4 Å². The molecule has 1 aromatic carbocycles. The molecule has 0 unspecified atom stereocenters. The molecule has 146 valence electrons. The second kappa shape index (κ2) is 8.37. The van der Waals surface area contributed by atoms with Gasteiger partial charge >= 0.3 is 0 Å². The number of morpholine rings is 1. The van der Waals surface area contributed by atoms with Crippen molar-refractivity contribution in [1.29, 1.82) is 0 Å². The Labute approximate surface area is 160 Å². The van der Waals surface area contributed by atoms with Gasteiger partial charge in [-0.05, 0) is 18.1 Å². The molecule has 0 saturated carbocycles. The van der Waals surface area contributed by atoms with Gasteiger partial charge in [0.2, 0.25) is 11.8 Å². The molecule has 0 aliphatic carbocycles. The quantitative estimate of drug-likeness (QED) is 0.748. The number of anilines is 1. The summed E-state index contributed by atoms with van der Waals surface area (Å²) in [6.07, 6.45) is 0.944. The van der Waals surface area contributed by atoms with Crippen LogP contribution < -0.4 is 4.90 Å². The number of carbonyl (C=O) groups is 2. The Hall–Kier alpha value is -1.96. The van der Waals surface area contributed by atoms with E-state index >= 15 is 0 Å². The van der Waals surface area contributed by atoms with E-state index in [1.54, 1.807) is 0 Å². The average Bonchev–Trinajstić information content (AvgIpc) is 3.14. The first-order valence-electron chi connectivity index (χ1n) is 9.89. The van der Waals surface area contributed by atoms with E-state index in [2.05, 4.69) is 15.9 Å². The maximum absolute atomic E-state index is 12.7. The Morgan fingerprint density at radius 2 is 1.44 bits per heavy atom. The molecule has 0 N–H and O–H groups in total. The van der Waals surface area contributed by atoms with Crippen molar-refractivity contribution in [2.24, 2.45) is 0 Å². The molecule has 0 atom stereocenters. The molecule has 2 saturated heterocycles. The van der Waals surface area contributed by atoms with E-state index in [-0.39, 0.29) is 11.8 Å².